The minimum atomic E-state index is -0.238. The monoisotopic (exact) mass is 521 g/mol. The Morgan fingerprint density at radius 1 is 1.16 bits per heavy atom. The van der Waals surface area contributed by atoms with Crippen molar-refractivity contribution < 1.29 is 9.59 Å². The normalized spacial score (nSPS) is 20.2. The van der Waals surface area contributed by atoms with Gasteiger partial charge >= 0.3 is 0 Å². The highest BCUT2D eigenvalue weighted by Crippen LogP contribution is 2.38. The van der Waals surface area contributed by atoms with Crippen molar-refractivity contribution in [3.63, 3.8) is 0 Å². The molecule has 0 spiro atoms. The maximum atomic E-state index is 13.6. The molecule has 200 valence electrons. The van der Waals surface area contributed by atoms with Gasteiger partial charge in [0.05, 0.1) is 0 Å². The molecule has 5 nitrogen and oxygen atoms in total. The second-order valence-corrected chi connectivity index (χ2v) is 13.4. The zero-order chi connectivity index (χ0) is 27.4. The molecule has 1 heterocycles. The zero-order valence-electron chi connectivity index (χ0n) is 23.6. The third-order valence-corrected chi connectivity index (χ3v) is 8.94. The fourth-order valence-electron chi connectivity index (χ4n) is 5.85. The average Bonchev–Trinajstić information content (AvgIpc) is 3.29. The summed E-state index contributed by atoms with van der Waals surface area (Å²) in [5.74, 6) is -0.289. The van der Waals surface area contributed by atoms with Gasteiger partial charge in [-0.3, -0.25) is 9.59 Å². The highest BCUT2D eigenvalue weighted by molar-refractivity contribution is 7.48. The summed E-state index contributed by atoms with van der Waals surface area (Å²) in [7, 11) is 0.578. The molecule has 0 bridgehead atoms. The van der Waals surface area contributed by atoms with Crippen LogP contribution in [0.2, 0.25) is 0 Å². The van der Waals surface area contributed by atoms with E-state index in [0.717, 1.165) is 22.9 Å². The minimum absolute atomic E-state index is 0.0512. The predicted octanol–water partition coefficient (Wildman–Crippen LogP) is 6.08. The van der Waals surface area contributed by atoms with Gasteiger partial charge < -0.3 is 16.0 Å². The van der Waals surface area contributed by atoms with Gasteiger partial charge in [0.1, 0.15) is 0 Å². The summed E-state index contributed by atoms with van der Waals surface area (Å²) in [6, 6.07) is 4.19. The van der Waals surface area contributed by atoms with Crippen LogP contribution in [0.3, 0.4) is 0 Å². The maximum absolute atomic E-state index is 13.6. The van der Waals surface area contributed by atoms with Crippen LogP contribution in [0.1, 0.15) is 102 Å². The molecule has 6 heteroatoms. The Morgan fingerprint density at radius 2 is 1.84 bits per heavy atom. The molecule has 1 atom stereocenters. The molecule has 1 saturated carbocycles. The largest absolute Gasteiger partial charge is 0.348 e. The van der Waals surface area contributed by atoms with E-state index in [0.29, 0.717) is 30.9 Å². The molecule has 1 aliphatic carbocycles. The number of carbonyl (C=O) groups is 2. The lowest BCUT2D eigenvalue weighted by Crippen LogP contribution is -2.53. The Morgan fingerprint density at radius 3 is 2.41 bits per heavy atom. The van der Waals surface area contributed by atoms with Crippen molar-refractivity contribution in [3.05, 3.63) is 58.2 Å². The van der Waals surface area contributed by atoms with E-state index in [9.17, 15) is 9.59 Å². The molecule has 3 N–H and O–H groups in total. The summed E-state index contributed by atoms with van der Waals surface area (Å²) in [5, 5.41) is 16.0. The average molecular weight is 522 g/mol. The molecule has 37 heavy (non-hydrogen) atoms. The van der Waals surface area contributed by atoms with Crippen LogP contribution in [0.25, 0.3) is 5.57 Å². The van der Waals surface area contributed by atoms with Crippen LogP contribution in [0.15, 0.2) is 41.5 Å². The number of amides is 1. The molecule has 1 amide bonds. The van der Waals surface area contributed by atoms with Gasteiger partial charge in [-0.2, -0.15) is 0 Å². The van der Waals surface area contributed by atoms with Crippen LogP contribution in [0.5, 0.6) is 0 Å². The number of benzene rings is 1. The first-order chi connectivity index (χ1) is 17.4. The number of hydrogen-bond acceptors (Lipinski definition) is 4. The van der Waals surface area contributed by atoms with E-state index in [1.54, 1.807) is 0 Å². The Balaban J connectivity index is 2.06. The molecular formula is C31H44N3O2P. The maximum Gasteiger partial charge on any atom is 0.252 e. The Labute approximate surface area is 224 Å². The van der Waals surface area contributed by atoms with Crippen LogP contribution in [-0.2, 0) is 4.79 Å². The molecule has 2 aliphatic rings. The molecule has 1 aromatic rings. The number of carbonyl (C=O) groups excluding carboxylic acids is 2. The second-order valence-electron chi connectivity index (χ2n) is 11.7. The first-order valence-electron chi connectivity index (χ1n) is 13.4. The molecular weight excluding hydrogens is 477 g/mol. The van der Waals surface area contributed by atoms with Gasteiger partial charge in [0.25, 0.3) is 5.91 Å². The van der Waals surface area contributed by atoms with Gasteiger partial charge in [0, 0.05) is 40.5 Å². The number of nitrogens with one attached hydrogen (secondary N) is 3. The molecule has 1 aliphatic heterocycles. The smallest absolute Gasteiger partial charge is 0.252 e. The lowest BCUT2D eigenvalue weighted by molar-refractivity contribution is -0.113. The number of allylic oxidation sites excluding steroid dienone is 3. The van der Waals surface area contributed by atoms with Crippen molar-refractivity contribution in [1.29, 1.82) is 5.41 Å². The van der Waals surface area contributed by atoms with E-state index in [-0.39, 0.29) is 29.3 Å². The van der Waals surface area contributed by atoms with E-state index in [2.05, 4.69) is 50.5 Å². The first kappa shape index (κ1) is 29.2. The molecule has 3 rings (SSSR count). The first-order valence-corrected chi connectivity index (χ1v) is 14.5. The fraction of sp³-hybridized carbons (Fsp3) is 0.516. The van der Waals surface area contributed by atoms with Crippen molar-refractivity contribution in [2.75, 3.05) is 6.54 Å². The number of ketones is 1. The van der Waals surface area contributed by atoms with Gasteiger partial charge in [0.2, 0.25) is 0 Å². The van der Waals surface area contributed by atoms with Crippen molar-refractivity contribution in [2.24, 2.45) is 0 Å². The van der Waals surface area contributed by atoms with Crippen LogP contribution >= 0.6 is 8.58 Å². The standard InChI is InChI=1S/C31H44N3O2P/c1-8-11-20(2)27(21(3)35)19-33-29(36)25-14-22(23-16-30(4,5)34-31(6,7)17-23)15-28(26(25)18-32)37-24-12-9-10-13-24/h8,11,14-16,18,24,32,34,37H,9-10,12-13,17,19H2,1-7H3,(H,33,36)/b11-8+,27-20-,32-18?. The highest BCUT2D eigenvalue weighted by Gasteiger charge is 2.33. The molecule has 1 fully saturated rings. The fourth-order valence-corrected chi connectivity index (χ4v) is 7.59. The Bertz CT molecular complexity index is 1150. The molecule has 1 unspecified atom stereocenters. The van der Waals surface area contributed by atoms with Gasteiger partial charge in [-0.15, -0.1) is 0 Å². The quantitative estimate of drug-likeness (QED) is 0.160. The highest BCUT2D eigenvalue weighted by atomic mass is 31.1. The summed E-state index contributed by atoms with van der Waals surface area (Å²) in [6.07, 6.45) is 13.2. The number of Topliss-reactive ketones (excluding diaryl/α,β-unsaturated/α-hetero) is 1. The van der Waals surface area contributed by atoms with E-state index in [1.807, 2.05) is 32.1 Å². The van der Waals surface area contributed by atoms with Gasteiger partial charge in [-0.1, -0.05) is 39.7 Å². The van der Waals surface area contributed by atoms with Crippen molar-refractivity contribution in [2.45, 2.75) is 97.3 Å². The Hall–Kier alpha value is -2.36. The summed E-state index contributed by atoms with van der Waals surface area (Å²) >= 11 is 0. The van der Waals surface area contributed by atoms with Crippen LogP contribution in [0.4, 0.5) is 0 Å². The van der Waals surface area contributed by atoms with E-state index in [1.165, 1.54) is 44.4 Å². The number of rotatable bonds is 9. The van der Waals surface area contributed by atoms with Crippen molar-refractivity contribution in [3.8, 4) is 0 Å². The van der Waals surface area contributed by atoms with Crippen molar-refractivity contribution in [1.82, 2.24) is 10.6 Å². The van der Waals surface area contributed by atoms with Crippen LogP contribution in [0, 0.1) is 5.41 Å². The molecule has 0 radical (unpaired) electrons. The third kappa shape index (κ3) is 7.58. The molecule has 1 aromatic carbocycles. The topological polar surface area (TPSA) is 82.1 Å². The summed E-state index contributed by atoms with van der Waals surface area (Å²) in [6.45, 7) is 14.3. The van der Waals surface area contributed by atoms with Crippen molar-refractivity contribution >= 4 is 37.4 Å². The van der Waals surface area contributed by atoms with Crippen LogP contribution < -0.4 is 15.9 Å². The minimum Gasteiger partial charge on any atom is -0.348 e. The third-order valence-electron chi connectivity index (χ3n) is 7.23. The van der Waals surface area contributed by atoms with Gasteiger partial charge in [0.15, 0.2) is 5.78 Å². The lowest BCUT2D eigenvalue weighted by atomic mass is 9.80. The van der Waals surface area contributed by atoms with Gasteiger partial charge in [-0.25, -0.2) is 0 Å². The van der Waals surface area contributed by atoms with E-state index < -0.39 is 0 Å². The van der Waals surface area contributed by atoms with Gasteiger partial charge in [-0.05, 0) is 108 Å². The van der Waals surface area contributed by atoms with E-state index in [4.69, 9.17) is 5.41 Å². The Kier molecular flexibility index (Phi) is 9.47. The summed E-state index contributed by atoms with van der Waals surface area (Å²) < 4.78 is 0. The zero-order valence-corrected chi connectivity index (χ0v) is 24.6. The molecule has 0 saturated heterocycles. The molecule has 0 aromatic heterocycles. The summed E-state index contributed by atoms with van der Waals surface area (Å²) in [4.78, 5) is 25.9. The lowest BCUT2D eigenvalue weighted by Gasteiger charge is -2.41. The van der Waals surface area contributed by atoms with E-state index >= 15 is 0 Å². The number of hydrogen-bond donors (Lipinski definition) is 3. The van der Waals surface area contributed by atoms with Crippen LogP contribution in [-0.4, -0.2) is 41.2 Å². The SMILES string of the molecule is C/C=C/C(C)=C(/CNC(=O)c1cc(C2=CC(C)(C)NC(C)(C)C2)cc(PC2CCCC2)c1C=N)C(C)=O. The second kappa shape index (κ2) is 12.0. The predicted molar refractivity (Wildman–Crippen MR) is 159 cm³/mol. The summed E-state index contributed by atoms with van der Waals surface area (Å²) in [5.41, 5.74) is 5.34.